The number of hydrogen-bond donors (Lipinski definition) is 4. The maximum atomic E-state index is 12.3. The standard InChI is InChI=1S/C19H21F3N8O/c1-29-17(4-8-26-29)28-18-25-7-3-14(27-18)12-5-9-30(15(23)10-12)16(24)11-13(31)2-6-19(20,21)22/h3-5,7-10,13,23-24,31H,2,6,11H2,1H3,(H,25,27,28). The van der Waals surface area contributed by atoms with E-state index in [0.717, 1.165) is 0 Å². The van der Waals surface area contributed by atoms with Crippen LogP contribution in [0.15, 0.2) is 42.9 Å². The lowest BCUT2D eigenvalue weighted by Crippen LogP contribution is -2.29. The predicted octanol–water partition coefficient (Wildman–Crippen LogP) is 2.82. The van der Waals surface area contributed by atoms with Crippen molar-refractivity contribution >= 4 is 17.6 Å². The number of aryl methyl sites for hydroxylation is 1. The SMILES string of the molecule is Cn1nccc1Nc1nccc(-c2ccn(C(=N)CC(O)CCC(F)(F)F)c(=N)c2)n1. The minimum Gasteiger partial charge on any atom is -0.393 e. The molecule has 0 spiro atoms. The van der Waals surface area contributed by atoms with Crippen molar-refractivity contribution in [2.24, 2.45) is 7.05 Å². The summed E-state index contributed by atoms with van der Waals surface area (Å²) in [5, 5.41) is 33.1. The van der Waals surface area contributed by atoms with Gasteiger partial charge in [-0.15, -0.1) is 0 Å². The van der Waals surface area contributed by atoms with Gasteiger partial charge in [-0.1, -0.05) is 0 Å². The minimum atomic E-state index is -4.36. The zero-order chi connectivity index (χ0) is 22.6. The smallest absolute Gasteiger partial charge is 0.389 e. The highest BCUT2D eigenvalue weighted by atomic mass is 19.4. The second-order valence-electron chi connectivity index (χ2n) is 6.86. The van der Waals surface area contributed by atoms with E-state index in [-0.39, 0.29) is 17.7 Å². The number of pyridine rings is 1. The first-order valence-electron chi connectivity index (χ1n) is 9.31. The Kier molecular flexibility index (Phi) is 6.49. The lowest BCUT2D eigenvalue weighted by molar-refractivity contribution is -0.139. The fourth-order valence-electron chi connectivity index (χ4n) is 2.84. The lowest BCUT2D eigenvalue weighted by Gasteiger charge is -2.15. The topological polar surface area (TPSA) is 128 Å². The van der Waals surface area contributed by atoms with E-state index < -0.39 is 25.1 Å². The molecule has 12 heteroatoms. The van der Waals surface area contributed by atoms with Crippen LogP contribution in [0.5, 0.6) is 0 Å². The second kappa shape index (κ2) is 9.08. The Hall–Kier alpha value is -3.54. The average Bonchev–Trinajstić information content (AvgIpc) is 3.10. The molecule has 0 aromatic carbocycles. The van der Waals surface area contributed by atoms with Crippen LogP contribution >= 0.6 is 0 Å². The number of alkyl halides is 3. The van der Waals surface area contributed by atoms with Crippen LogP contribution in [0.4, 0.5) is 24.9 Å². The fourth-order valence-corrected chi connectivity index (χ4v) is 2.84. The molecule has 3 aromatic heterocycles. The number of hydrogen-bond acceptors (Lipinski definition) is 7. The van der Waals surface area contributed by atoms with Gasteiger partial charge in [0.1, 0.15) is 17.1 Å². The van der Waals surface area contributed by atoms with E-state index in [0.29, 0.717) is 23.0 Å². The first-order valence-corrected chi connectivity index (χ1v) is 9.31. The molecule has 4 N–H and O–H groups in total. The molecule has 0 aliphatic carbocycles. The zero-order valence-electron chi connectivity index (χ0n) is 16.6. The Morgan fingerprint density at radius 1 is 1.26 bits per heavy atom. The lowest BCUT2D eigenvalue weighted by atomic mass is 10.1. The summed E-state index contributed by atoms with van der Waals surface area (Å²) in [6, 6.07) is 6.54. The van der Waals surface area contributed by atoms with Gasteiger partial charge in [-0.25, -0.2) is 9.97 Å². The van der Waals surface area contributed by atoms with Crippen LogP contribution in [0.3, 0.4) is 0 Å². The maximum absolute atomic E-state index is 12.3. The van der Waals surface area contributed by atoms with Crippen molar-refractivity contribution in [1.82, 2.24) is 24.3 Å². The number of aromatic nitrogens is 5. The summed E-state index contributed by atoms with van der Waals surface area (Å²) in [7, 11) is 1.77. The van der Waals surface area contributed by atoms with Crippen LogP contribution in [0.2, 0.25) is 0 Å². The number of halogens is 3. The Labute approximate surface area is 175 Å². The van der Waals surface area contributed by atoms with E-state index >= 15 is 0 Å². The van der Waals surface area contributed by atoms with Gasteiger partial charge in [0.2, 0.25) is 5.95 Å². The Balaban J connectivity index is 1.72. The van der Waals surface area contributed by atoms with Crippen LogP contribution in [0, 0.1) is 10.8 Å². The van der Waals surface area contributed by atoms with Gasteiger partial charge < -0.3 is 10.4 Å². The molecule has 31 heavy (non-hydrogen) atoms. The number of nitrogens with zero attached hydrogens (tertiary/aromatic N) is 5. The van der Waals surface area contributed by atoms with E-state index in [1.165, 1.54) is 16.8 Å². The summed E-state index contributed by atoms with van der Waals surface area (Å²) in [4.78, 5) is 8.57. The average molecular weight is 434 g/mol. The minimum absolute atomic E-state index is 0.0646. The molecule has 9 nitrogen and oxygen atoms in total. The van der Waals surface area contributed by atoms with Crippen LogP contribution in [0.25, 0.3) is 11.3 Å². The van der Waals surface area contributed by atoms with Crippen LogP contribution in [-0.4, -0.2) is 47.5 Å². The summed E-state index contributed by atoms with van der Waals surface area (Å²) in [5.41, 5.74) is 1.07. The number of aliphatic hydroxyl groups is 1. The van der Waals surface area contributed by atoms with Gasteiger partial charge in [-0.3, -0.25) is 20.1 Å². The molecule has 3 heterocycles. The first-order chi connectivity index (χ1) is 14.6. The molecule has 0 bridgehead atoms. The van der Waals surface area contributed by atoms with Gasteiger partial charge in [-0.05, 0) is 24.6 Å². The van der Waals surface area contributed by atoms with Crippen molar-refractivity contribution in [1.29, 1.82) is 10.8 Å². The van der Waals surface area contributed by atoms with Gasteiger partial charge >= 0.3 is 6.18 Å². The third-order valence-electron chi connectivity index (χ3n) is 4.45. The molecule has 164 valence electrons. The number of aliphatic hydroxyl groups excluding tert-OH is 1. The summed E-state index contributed by atoms with van der Waals surface area (Å²) in [6.07, 6.45) is -2.95. The summed E-state index contributed by atoms with van der Waals surface area (Å²) in [6.45, 7) is 0. The molecule has 3 rings (SSSR count). The van der Waals surface area contributed by atoms with Crippen molar-refractivity contribution in [3.8, 4) is 11.3 Å². The monoisotopic (exact) mass is 434 g/mol. The predicted molar refractivity (Wildman–Crippen MR) is 107 cm³/mol. The van der Waals surface area contributed by atoms with Crippen molar-refractivity contribution in [2.75, 3.05) is 5.32 Å². The van der Waals surface area contributed by atoms with Gasteiger partial charge in [0.25, 0.3) is 0 Å². The van der Waals surface area contributed by atoms with Crippen molar-refractivity contribution < 1.29 is 18.3 Å². The highest BCUT2D eigenvalue weighted by Gasteiger charge is 2.28. The molecule has 0 saturated carbocycles. The van der Waals surface area contributed by atoms with E-state index in [4.69, 9.17) is 10.8 Å². The van der Waals surface area contributed by atoms with Crippen molar-refractivity contribution in [3.05, 3.63) is 48.3 Å². The Morgan fingerprint density at radius 3 is 2.68 bits per heavy atom. The normalized spacial score (nSPS) is 12.5. The number of rotatable bonds is 7. The zero-order valence-corrected chi connectivity index (χ0v) is 16.6. The Bertz CT molecular complexity index is 1120. The van der Waals surface area contributed by atoms with Gasteiger partial charge in [0, 0.05) is 43.9 Å². The van der Waals surface area contributed by atoms with Gasteiger partial charge in [0.05, 0.1) is 18.0 Å². The van der Waals surface area contributed by atoms with E-state index in [1.807, 2.05) is 0 Å². The molecule has 1 atom stereocenters. The Morgan fingerprint density at radius 2 is 2.03 bits per heavy atom. The highest BCUT2D eigenvalue weighted by Crippen LogP contribution is 2.23. The van der Waals surface area contributed by atoms with Crippen LogP contribution < -0.4 is 10.8 Å². The van der Waals surface area contributed by atoms with Crippen LogP contribution in [-0.2, 0) is 7.05 Å². The molecular weight excluding hydrogens is 413 g/mol. The molecular formula is C19H21F3N8O. The van der Waals surface area contributed by atoms with Crippen LogP contribution in [0.1, 0.15) is 19.3 Å². The number of anilines is 2. The second-order valence-corrected chi connectivity index (χ2v) is 6.86. The van der Waals surface area contributed by atoms with E-state index in [2.05, 4.69) is 20.4 Å². The third-order valence-corrected chi connectivity index (χ3v) is 4.45. The highest BCUT2D eigenvalue weighted by molar-refractivity contribution is 5.82. The fraction of sp³-hybridized carbons (Fsp3) is 0.316. The summed E-state index contributed by atoms with van der Waals surface area (Å²) >= 11 is 0. The van der Waals surface area contributed by atoms with E-state index in [1.54, 1.807) is 42.3 Å². The van der Waals surface area contributed by atoms with Gasteiger partial charge in [0.15, 0.2) is 0 Å². The largest absolute Gasteiger partial charge is 0.393 e. The first kappa shape index (κ1) is 22.2. The molecule has 0 fully saturated rings. The molecule has 0 radical (unpaired) electrons. The summed E-state index contributed by atoms with van der Waals surface area (Å²) in [5.74, 6) is 0.860. The molecule has 0 amide bonds. The van der Waals surface area contributed by atoms with Crippen molar-refractivity contribution in [3.63, 3.8) is 0 Å². The van der Waals surface area contributed by atoms with Gasteiger partial charge in [-0.2, -0.15) is 18.3 Å². The molecule has 3 aromatic rings. The van der Waals surface area contributed by atoms with E-state index in [9.17, 15) is 18.3 Å². The summed E-state index contributed by atoms with van der Waals surface area (Å²) < 4.78 is 39.7. The number of nitrogens with one attached hydrogen (secondary N) is 3. The molecule has 1 unspecified atom stereocenters. The van der Waals surface area contributed by atoms with Crippen molar-refractivity contribution in [2.45, 2.75) is 31.5 Å². The molecule has 0 aliphatic heterocycles. The molecule has 0 saturated heterocycles. The quantitative estimate of drug-likeness (QED) is 0.336. The maximum Gasteiger partial charge on any atom is 0.389 e. The third kappa shape index (κ3) is 5.98. The molecule has 0 aliphatic rings.